The minimum absolute atomic E-state index is 0.382. The van der Waals surface area contributed by atoms with Crippen molar-refractivity contribution >= 4 is 17.6 Å². The van der Waals surface area contributed by atoms with Gasteiger partial charge < -0.3 is 0 Å². The molecule has 0 aliphatic rings. The maximum absolute atomic E-state index is 4.72. The summed E-state index contributed by atoms with van der Waals surface area (Å²) in [4.78, 5) is 0. The quantitative estimate of drug-likeness (QED) is 0.617. The molecule has 0 aromatic heterocycles. The summed E-state index contributed by atoms with van der Waals surface area (Å²) in [6.45, 7) is 2.08. The molecule has 0 saturated carbocycles. The molecular weight excluding hydrogens is 152 g/mol. The Bertz CT molecular complexity index is 216. The van der Waals surface area contributed by atoms with Crippen LogP contribution >= 0.6 is 12.2 Å². The fourth-order valence-corrected chi connectivity index (χ4v) is 1.09. The molecule has 57 valence electrons. The molecule has 1 atom stereocenters. The Kier molecular flexibility index (Phi) is 3.24. The van der Waals surface area contributed by atoms with Crippen molar-refractivity contribution in [3.05, 3.63) is 35.9 Å². The molecule has 1 aromatic rings. The molecule has 0 spiro atoms. The Hall–Kier alpha value is -0.690. The molecule has 0 aliphatic carbocycles. The molecule has 0 N–H and O–H groups in total. The van der Waals surface area contributed by atoms with Crippen LogP contribution in [0.2, 0.25) is 0 Å². The summed E-state index contributed by atoms with van der Waals surface area (Å²) in [6, 6.07) is 10.3. The van der Waals surface area contributed by atoms with Crippen LogP contribution in [0.1, 0.15) is 12.5 Å². The minimum atomic E-state index is 0.382. The summed E-state index contributed by atoms with van der Waals surface area (Å²) in [7, 11) is 0. The number of hydrogen-bond acceptors (Lipinski definition) is 1. The molecule has 1 aromatic carbocycles. The topological polar surface area (TPSA) is 0 Å². The van der Waals surface area contributed by atoms with E-state index in [1.807, 2.05) is 18.2 Å². The first-order valence-corrected chi connectivity index (χ1v) is 4.15. The van der Waals surface area contributed by atoms with E-state index in [0.29, 0.717) is 5.92 Å². The Morgan fingerprint density at radius 1 is 1.36 bits per heavy atom. The first-order valence-electron chi connectivity index (χ1n) is 3.74. The molecule has 0 heterocycles. The van der Waals surface area contributed by atoms with Crippen LogP contribution in [-0.4, -0.2) is 5.37 Å². The lowest BCUT2D eigenvalue weighted by atomic mass is 10.0. The number of rotatable bonds is 3. The smallest absolute Gasteiger partial charge is 0.0325 e. The van der Waals surface area contributed by atoms with Gasteiger partial charge in [0, 0.05) is 5.37 Å². The van der Waals surface area contributed by atoms with Crippen LogP contribution in [0.5, 0.6) is 0 Å². The molecule has 0 saturated heterocycles. The first-order chi connectivity index (χ1) is 5.33. The second-order valence-electron chi connectivity index (χ2n) is 2.71. The molecule has 0 aliphatic heterocycles. The lowest BCUT2D eigenvalue weighted by molar-refractivity contribution is 0.792. The average molecular weight is 163 g/mol. The SMILES string of the molecule is CC([C]=S)Cc1ccccc1. The standard InChI is InChI=1S/C10H11S/c1-9(8-11)7-10-5-3-2-4-6-10/h2-6,9H,7H2,1H3. The molecule has 11 heavy (non-hydrogen) atoms. The van der Waals surface area contributed by atoms with Crippen molar-refractivity contribution in [1.82, 2.24) is 0 Å². The summed E-state index contributed by atoms with van der Waals surface area (Å²) in [5.74, 6) is 0.382. The van der Waals surface area contributed by atoms with Crippen molar-refractivity contribution in [1.29, 1.82) is 0 Å². The fourth-order valence-electron chi connectivity index (χ4n) is 1.01. The maximum atomic E-state index is 4.72. The fraction of sp³-hybridized carbons (Fsp3) is 0.300. The van der Waals surface area contributed by atoms with Crippen LogP contribution in [0, 0.1) is 5.92 Å². The molecule has 1 heteroatoms. The Morgan fingerprint density at radius 2 is 2.00 bits per heavy atom. The van der Waals surface area contributed by atoms with Crippen molar-refractivity contribution in [2.24, 2.45) is 5.92 Å². The summed E-state index contributed by atoms with van der Waals surface area (Å²) in [6.07, 6.45) is 1.00. The van der Waals surface area contributed by atoms with E-state index in [2.05, 4.69) is 24.4 Å². The third-order valence-electron chi connectivity index (χ3n) is 1.59. The highest BCUT2D eigenvalue weighted by Crippen LogP contribution is 2.05. The van der Waals surface area contributed by atoms with Gasteiger partial charge in [-0.05, 0) is 17.9 Å². The zero-order chi connectivity index (χ0) is 8.10. The van der Waals surface area contributed by atoms with E-state index in [0.717, 1.165) is 6.42 Å². The van der Waals surface area contributed by atoms with Gasteiger partial charge in [0.15, 0.2) is 0 Å². The van der Waals surface area contributed by atoms with Gasteiger partial charge in [0.2, 0.25) is 0 Å². The highest BCUT2D eigenvalue weighted by molar-refractivity contribution is 7.79. The van der Waals surface area contributed by atoms with Gasteiger partial charge in [-0.3, -0.25) is 0 Å². The Balaban J connectivity index is 2.57. The molecule has 0 amide bonds. The van der Waals surface area contributed by atoms with Crippen molar-refractivity contribution in [3.63, 3.8) is 0 Å². The zero-order valence-corrected chi connectivity index (χ0v) is 7.40. The predicted octanol–water partition coefficient (Wildman–Crippen LogP) is 2.74. The third kappa shape index (κ3) is 2.81. The molecule has 1 rings (SSSR count). The second-order valence-corrected chi connectivity index (χ2v) is 2.94. The van der Waals surface area contributed by atoms with E-state index >= 15 is 0 Å². The van der Waals surface area contributed by atoms with Crippen LogP contribution in [0.3, 0.4) is 0 Å². The van der Waals surface area contributed by atoms with Crippen molar-refractivity contribution in [2.45, 2.75) is 13.3 Å². The lowest BCUT2D eigenvalue weighted by Crippen LogP contribution is -1.98. The lowest BCUT2D eigenvalue weighted by Gasteiger charge is -2.02. The minimum Gasteiger partial charge on any atom is -0.0834 e. The molecule has 0 bridgehead atoms. The van der Waals surface area contributed by atoms with Crippen molar-refractivity contribution in [3.8, 4) is 0 Å². The molecule has 0 nitrogen and oxygen atoms in total. The van der Waals surface area contributed by atoms with Gasteiger partial charge in [0.25, 0.3) is 0 Å². The van der Waals surface area contributed by atoms with Crippen LogP contribution in [0.25, 0.3) is 0 Å². The van der Waals surface area contributed by atoms with E-state index in [9.17, 15) is 0 Å². The number of hydrogen-bond donors (Lipinski definition) is 0. The predicted molar refractivity (Wildman–Crippen MR) is 51.9 cm³/mol. The second kappa shape index (κ2) is 4.24. The first kappa shape index (κ1) is 8.41. The van der Waals surface area contributed by atoms with Gasteiger partial charge >= 0.3 is 0 Å². The monoisotopic (exact) mass is 163 g/mol. The number of benzene rings is 1. The van der Waals surface area contributed by atoms with Gasteiger partial charge in [-0.2, -0.15) is 0 Å². The van der Waals surface area contributed by atoms with Crippen LogP contribution in [0.4, 0.5) is 0 Å². The van der Waals surface area contributed by atoms with Gasteiger partial charge in [0.1, 0.15) is 0 Å². The van der Waals surface area contributed by atoms with E-state index in [1.54, 1.807) is 0 Å². The largest absolute Gasteiger partial charge is 0.0834 e. The van der Waals surface area contributed by atoms with Crippen LogP contribution in [0.15, 0.2) is 30.3 Å². The Morgan fingerprint density at radius 3 is 2.55 bits per heavy atom. The average Bonchev–Trinajstić information content (AvgIpc) is 2.06. The molecule has 1 unspecified atom stereocenters. The van der Waals surface area contributed by atoms with Crippen molar-refractivity contribution < 1.29 is 0 Å². The molecular formula is C10H11S. The summed E-state index contributed by atoms with van der Waals surface area (Å²) in [5, 5.41) is 2.80. The summed E-state index contributed by atoms with van der Waals surface area (Å²) >= 11 is 4.72. The Labute approximate surface area is 73.2 Å². The van der Waals surface area contributed by atoms with E-state index in [-0.39, 0.29) is 0 Å². The number of thiocarbonyl (C=S) groups is 1. The highest BCUT2D eigenvalue weighted by atomic mass is 32.1. The normalized spacial score (nSPS) is 12.5. The highest BCUT2D eigenvalue weighted by Gasteiger charge is 1.98. The molecule has 1 radical (unpaired) electrons. The van der Waals surface area contributed by atoms with Gasteiger partial charge in [0.05, 0.1) is 0 Å². The zero-order valence-electron chi connectivity index (χ0n) is 6.58. The summed E-state index contributed by atoms with van der Waals surface area (Å²) in [5.41, 5.74) is 1.33. The van der Waals surface area contributed by atoms with E-state index < -0.39 is 0 Å². The van der Waals surface area contributed by atoms with Gasteiger partial charge in [-0.1, -0.05) is 49.5 Å². The van der Waals surface area contributed by atoms with E-state index in [4.69, 9.17) is 12.2 Å². The van der Waals surface area contributed by atoms with Crippen LogP contribution in [-0.2, 0) is 6.42 Å². The summed E-state index contributed by atoms with van der Waals surface area (Å²) < 4.78 is 0. The van der Waals surface area contributed by atoms with Crippen molar-refractivity contribution in [2.75, 3.05) is 0 Å². The molecule has 0 fully saturated rings. The van der Waals surface area contributed by atoms with Gasteiger partial charge in [-0.25, -0.2) is 0 Å². The van der Waals surface area contributed by atoms with Gasteiger partial charge in [-0.15, -0.1) is 0 Å². The maximum Gasteiger partial charge on any atom is 0.0325 e. The van der Waals surface area contributed by atoms with E-state index in [1.165, 1.54) is 5.56 Å². The third-order valence-corrected chi connectivity index (χ3v) is 1.99. The van der Waals surface area contributed by atoms with Crippen LogP contribution < -0.4 is 0 Å².